The summed E-state index contributed by atoms with van der Waals surface area (Å²) in [4.78, 5) is 21.0. The van der Waals surface area contributed by atoms with E-state index in [1.165, 1.54) is 6.92 Å². The summed E-state index contributed by atoms with van der Waals surface area (Å²) in [5, 5.41) is 15.3. The van der Waals surface area contributed by atoms with Crippen molar-refractivity contribution in [2.75, 3.05) is 0 Å². The first-order valence-electron chi connectivity index (χ1n) is 3.47. The highest BCUT2D eigenvalue weighted by atomic mass is 16.4. The van der Waals surface area contributed by atoms with E-state index in [-0.39, 0.29) is 5.69 Å². The Balaban J connectivity index is 2.91. The molecule has 0 aromatic carbocycles. The molecule has 1 heterocycles. The van der Waals surface area contributed by atoms with Crippen LogP contribution in [0.25, 0.3) is 0 Å². The van der Waals surface area contributed by atoms with Crippen molar-refractivity contribution in [3.63, 3.8) is 0 Å². The Morgan fingerprint density at radius 3 is 2.69 bits per heavy atom. The smallest absolute Gasteiger partial charge is 0.358 e. The average molecular weight is 184 g/mol. The quantitative estimate of drug-likeness (QED) is 0.627. The largest absolute Gasteiger partial charge is 0.476 e. The summed E-state index contributed by atoms with van der Waals surface area (Å²) < 4.78 is 1.10. The fourth-order valence-corrected chi connectivity index (χ4v) is 0.694. The third-order valence-electron chi connectivity index (χ3n) is 1.54. The zero-order valence-corrected chi connectivity index (χ0v) is 6.84. The van der Waals surface area contributed by atoms with Crippen molar-refractivity contribution in [2.45, 2.75) is 13.0 Å². The fraction of sp³-hybridized carbons (Fsp3) is 0.333. The molecule has 0 bridgehead atoms. The normalized spacial score (nSPS) is 12.4. The summed E-state index contributed by atoms with van der Waals surface area (Å²) in [7, 11) is 0. The molecule has 0 aliphatic heterocycles. The van der Waals surface area contributed by atoms with Gasteiger partial charge in [-0.25, -0.2) is 9.48 Å². The number of nitrogens with zero attached hydrogens (tertiary/aromatic N) is 3. The van der Waals surface area contributed by atoms with Gasteiger partial charge < -0.3 is 10.8 Å². The zero-order valence-electron chi connectivity index (χ0n) is 6.84. The summed E-state index contributed by atoms with van der Waals surface area (Å²) >= 11 is 0. The highest BCUT2D eigenvalue weighted by molar-refractivity contribution is 5.85. The number of carboxylic acids is 1. The Morgan fingerprint density at radius 1 is 1.69 bits per heavy atom. The molecule has 1 rings (SSSR count). The first-order valence-corrected chi connectivity index (χ1v) is 3.47. The van der Waals surface area contributed by atoms with Gasteiger partial charge >= 0.3 is 5.97 Å². The molecular formula is C6H8N4O3. The molecule has 0 spiro atoms. The molecule has 0 fully saturated rings. The molecule has 3 N–H and O–H groups in total. The number of aromatic nitrogens is 3. The molecule has 0 aliphatic rings. The van der Waals surface area contributed by atoms with E-state index in [4.69, 9.17) is 10.8 Å². The second kappa shape index (κ2) is 3.21. The van der Waals surface area contributed by atoms with Crippen LogP contribution in [-0.2, 0) is 4.79 Å². The zero-order chi connectivity index (χ0) is 10.0. The molecule has 13 heavy (non-hydrogen) atoms. The minimum Gasteiger partial charge on any atom is -0.476 e. The van der Waals surface area contributed by atoms with Gasteiger partial charge in [-0.1, -0.05) is 5.21 Å². The minimum atomic E-state index is -1.19. The van der Waals surface area contributed by atoms with Crippen molar-refractivity contribution in [3.05, 3.63) is 11.9 Å². The number of hydrogen-bond donors (Lipinski definition) is 2. The number of hydrogen-bond acceptors (Lipinski definition) is 4. The highest BCUT2D eigenvalue weighted by Gasteiger charge is 2.15. The first-order chi connectivity index (χ1) is 6.02. The first kappa shape index (κ1) is 9.17. The van der Waals surface area contributed by atoms with Crippen LogP contribution in [0.15, 0.2) is 6.20 Å². The molecule has 7 nitrogen and oxygen atoms in total. The Labute approximate surface area is 73.1 Å². The minimum absolute atomic E-state index is 0.215. The number of aromatic carboxylic acids is 1. The predicted molar refractivity (Wildman–Crippen MR) is 40.9 cm³/mol. The summed E-state index contributed by atoms with van der Waals surface area (Å²) in [5.74, 6) is -1.79. The van der Waals surface area contributed by atoms with Crippen LogP contribution in [-0.4, -0.2) is 32.0 Å². The summed E-state index contributed by atoms with van der Waals surface area (Å²) in [5.41, 5.74) is 4.76. The lowest BCUT2D eigenvalue weighted by Crippen LogP contribution is -2.24. The molecule has 1 aromatic heterocycles. The van der Waals surface area contributed by atoms with Gasteiger partial charge in [0.05, 0.1) is 6.20 Å². The van der Waals surface area contributed by atoms with Crippen LogP contribution in [0.3, 0.4) is 0 Å². The maximum absolute atomic E-state index is 10.7. The second-order valence-corrected chi connectivity index (χ2v) is 2.47. The van der Waals surface area contributed by atoms with Crippen LogP contribution >= 0.6 is 0 Å². The van der Waals surface area contributed by atoms with Crippen LogP contribution in [0, 0.1) is 0 Å². The van der Waals surface area contributed by atoms with E-state index in [0.29, 0.717) is 0 Å². The maximum atomic E-state index is 10.7. The van der Waals surface area contributed by atoms with E-state index in [1.54, 1.807) is 0 Å². The molecule has 1 unspecified atom stereocenters. The molecule has 70 valence electrons. The topological polar surface area (TPSA) is 111 Å². The van der Waals surface area contributed by atoms with Gasteiger partial charge in [-0.3, -0.25) is 4.79 Å². The van der Waals surface area contributed by atoms with Gasteiger partial charge in [0.2, 0.25) is 5.91 Å². The standard InChI is InChI=1S/C6H8N4O3/c1-3(5(7)11)10-2-4(6(12)13)8-9-10/h2-3H,1H3,(H2,7,11)(H,12,13). The van der Waals surface area contributed by atoms with Crippen LogP contribution in [0.1, 0.15) is 23.5 Å². The Hall–Kier alpha value is -1.92. The van der Waals surface area contributed by atoms with Crippen LogP contribution in [0.2, 0.25) is 0 Å². The van der Waals surface area contributed by atoms with Crippen molar-refractivity contribution in [1.29, 1.82) is 0 Å². The number of carbonyl (C=O) groups excluding carboxylic acids is 1. The number of carbonyl (C=O) groups is 2. The third-order valence-corrected chi connectivity index (χ3v) is 1.54. The molecule has 0 radical (unpaired) electrons. The molecular weight excluding hydrogens is 176 g/mol. The van der Waals surface area contributed by atoms with Gasteiger partial charge in [0.1, 0.15) is 6.04 Å². The third kappa shape index (κ3) is 1.81. The van der Waals surface area contributed by atoms with Gasteiger partial charge in [0.15, 0.2) is 5.69 Å². The summed E-state index contributed by atoms with van der Waals surface area (Å²) in [6, 6.07) is -0.694. The second-order valence-electron chi connectivity index (χ2n) is 2.47. The number of primary amides is 1. The van der Waals surface area contributed by atoms with Gasteiger partial charge in [0, 0.05) is 0 Å². The number of rotatable bonds is 3. The van der Waals surface area contributed by atoms with E-state index >= 15 is 0 Å². The van der Waals surface area contributed by atoms with Crippen molar-refractivity contribution >= 4 is 11.9 Å². The fourth-order valence-electron chi connectivity index (χ4n) is 0.694. The molecule has 0 saturated heterocycles. The molecule has 0 saturated carbocycles. The predicted octanol–water partition coefficient (Wildman–Crippen LogP) is -0.977. The molecule has 0 aliphatic carbocycles. The van der Waals surface area contributed by atoms with Crippen molar-refractivity contribution in [1.82, 2.24) is 15.0 Å². The molecule has 1 aromatic rings. The monoisotopic (exact) mass is 184 g/mol. The average Bonchev–Trinajstić information content (AvgIpc) is 2.50. The van der Waals surface area contributed by atoms with Gasteiger partial charge in [-0.2, -0.15) is 0 Å². The number of carboxylic acid groups (broad SMARTS) is 1. The molecule has 1 amide bonds. The maximum Gasteiger partial charge on any atom is 0.358 e. The Bertz CT molecular complexity index is 345. The summed E-state index contributed by atoms with van der Waals surface area (Å²) in [6.07, 6.45) is 1.15. The van der Waals surface area contributed by atoms with Crippen LogP contribution in [0.4, 0.5) is 0 Å². The van der Waals surface area contributed by atoms with Gasteiger partial charge in [-0.05, 0) is 6.92 Å². The van der Waals surface area contributed by atoms with Crippen LogP contribution < -0.4 is 5.73 Å². The lowest BCUT2D eigenvalue weighted by Gasteiger charge is -2.04. The molecule has 7 heteroatoms. The van der Waals surface area contributed by atoms with Crippen molar-refractivity contribution in [2.24, 2.45) is 5.73 Å². The van der Waals surface area contributed by atoms with Crippen LogP contribution in [0.5, 0.6) is 0 Å². The molecule has 1 atom stereocenters. The van der Waals surface area contributed by atoms with Crippen molar-refractivity contribution < 1.29 is 14.7 Å². The lowest BCUT2D eigenvalue weighted by atomic mass is 10.3. The van der Waals surface area contributed by atoms with Crippen molar-refractivity contribution in [3.8, 4) is 0 Å². The van der Waals surface area contributed by atoms with Gasteiger partial charge in [0.25, 0.3) is 0 Å². The summed E-state index contributed by atoms with van der Waals surface area (Å²) in [6.45, 7) is 1.50. The Morgan fingerprint density at radius 2 is 2.31 bits per heavy atom. The highest BCUT2D eigenvalue weighted by Crippen LogP contribution is 2.02. The van der Waals surface area contributed by atoms with E-state index in [1.807, 2.05) is 0 Å². The van der Waals surface area contributed by atoms with E-state index < -0.39 is 17.9 Å². The van der Waals surface area contributed by atoms with E-state index in [2.05, 4.69) is 10.3 Å². The number of amides is 1. The number of nitrogens with two attached hydrogens (primary N) is 1. The van der Waals surface area contributed by atoms with E-state index in [0.717, 1.165) is 10.9 Å². The Kier molecular flexibility index (Phi) is 2.27. The lowest BCUT2D eigenvalue weighted by molar-refractivity contribution is -0.120. The van der Waals surface area contributed by atoms with E-state index in [9.17, 15) is 9.59 Å². The SMILES string of the molecule is CC(C(N)=O)n1cc(C(=O)O)nn1. The van der Waals surface area contributed by atoms with Gasteiger partial charge in [-0.15, -0.1) is 5.10 Å².